The second-order valence-electron chi connectivity index (χ2n) is 4.06. The Labute approximate surface area is 101 Å². The summed E-state index contributed by atoms with van der Waals surface area (Å²) in [6.07, 6.45) is 0.233. The molecule has 4 heteroatoms. The number of aliphatic hydroxyl groups excluding tert-OH is 1. The third kappa shape index (κ3) is 4.97. The van der Waals surface area contributed by atoms with E-state index >= 15 is 0 Å². The van der Waals surface area contributed by atoms with E-state index in [0.717, 1.165) is 12.0 Å². The lowest BCUT2D eigenvalue weighted by molar-refractivity contribution is -0.138. The summed E-state index contributed by atoms with van der Waals surface area (Å²) < 4.78 is 0. The summed E-state index contributed by atoms with van der Waals surface area (Å²) in [6, 6.07) is 9.29. The Balaban J connectivity index is 2.57. The van der Waals surface area contributed by atoms with Gasteiger partial charge in [0.05, 0.1) is 12.6 Å². The van der Waals surface area contributed by atoms with E-state index in [4.69, 9.17) is 5.11 Å². The van der Waals surface area contributed by atoms with Crippen LogP contribution in [0.25, 0.3) is 0 Å². The van der Waals surface area contributed by atoms with Crippen LogP contribution in [0.5, 0.6) is 0 Å². The number of rotatable bonds is 7. The predicted octanol–water partition coefficient (Wildman–Crippen LogP) is 1.52. The average Bonchev–Trinajstić information content (AvgIpc) is 2.29. The van der Waals surface area contributed by atoms with Gasteiger partial charge in [-0.05, 0) is 18.5 Å². The van der Waals surface area contributed by atoms with Gasteiger partial charge in [-0.3, -0.25) is 9.69 Å². The Hall–Kier alpha value is -1.39. The van der Waals surface area contributed by atoms with Gasteiger partial charge >= 0.3 is 5.97 Å². The normalized spacial score (nSPS) is 12.6. The van der Waals surface area contributed by atoms with E-state index in [1.165, 1.54) is 0 Å². The van der Waals surface area contributed by atoms with Crippen LogP contribution < -0.4 is 0 Å². The quantitative estimate of drug-likeness (QED) is 0.754. The zero-order chi connectivity index (χ0) is 12.7. The molecule has 94 valence electrons. The highest BCUT2D eigenvalue weighted by Gasteiger charge is 2.14. The number of carbonyl (C=O) groups is 1. The van der Waals surface area contributed by atoms with Crippen molar-refractivity contribution in [2.75, 3.05) is 19.6 Å². The molecule has 0 aliphatic heterocycles. The zero-order valence-corrected chi connectivity index (χ0v) is 10.0. The van der Waals surface area contributed by atoms with Gasteiger partial charge in [-0.15, -0.1) is 0 Å². The highest BCUT2D eigenvalue weighted by molar-refractivity contribution is 5.69. The van der Waals surface area contributed by atoms with Crippen molar-refractivity contribution in [3.05, 3.63) is 35.9 Å². The lowest BCUT2D eigenvalue weighted by atomic mass is 10.1. The lowest BCUT2D eigenvalue weighted by Crippen LogP contribution is -2.34. The molecular weight excluding hydrogens is 218 g/mol. The second kappa shape index (κ2) is 7.04. The molecule has 1 atom stereocenters. The number of carboxylic acids is 1. The van der Waals surface area contributed by atoms with Crippen molar-refractivity contribution in [1.82, 2.24) is 4.90 Å². The molecule has 0 aliphatic rings. The largest absolute Gasteiger partial charge is 0.480 e. The van der Waals surface area contributed by atoms with E-state index in [1.54, 1.807) is 4.90 Å². The zero-order valence-electron chi connectivity index (χ0n) is 10.0. The number of aliphatic hydroxyl groups is 1. The number of carboxylic acid groups (broad SMARTS) is 1. The standard InChI is InChI=1S/C13H19NO3/c1-2-8-14(10-13(16)17)9-12(15)11-6-4-3-5-7-11/h3-7,12,15H,2,8-10H2,1H3,(H,16,17). The van der Waals surface area contributed by atoms with E-state index in [-0.39, 0.29) is 6.54 Å². The van der Waals surface area contributed by atoms with Gasteiger partial charge in [0.2, 0.25) is 0 Å². The van der Waals surface area contributed by atoms with Gasteiger partial charge in [0.1, 0.15) is 0 Å². The summed E-state index contributed by atoms with van der Waals surface area (Å²) in [5, 5.41) is 18.8. The number of hydrogen-bond donors (Lipinski definition) is 2. The first kappa shape index (κ1) is 13.7. The van der Waals surface area contributed by atoms with Crippen LogP contribution in [-0.4, -0.2) is 40.7 Å². The molecule has 1 unspecified atom stereocenters. The molecule has 0 amide bonds. The first-order valence-electron chi connectivity index (χ1n) is 5.80. The average molecular weight is 237 g/mol. The van der Waals surface area contributed by atoms with Gasteiger partial charge in [-0.25, -0.2) is 0 Å². The summed E-state index contributed by atoms with van der Waals surface area (Å²) in [7, 11) is 0. The molecular formula is C13H19NO3. The summed E-state index contributed by atoms with van der Waals surface area (Å²) in [5.41, 5.74) is 0.819. The van der Waals surface area contributed by atoms with Crippen molar-refractivity contribution < 1.29 is 15.0 Å². The number of nitrogens with zero attached hydrogens (tertiary/aromatic N) is 1. The maximum absolute atomic E-state index is 10.7. The minimum Gasteiger partial charge on any atom is -0.480 e. The Bertz CT molecular complexity index is 340. The smallest absolute Gasteiger partial charge is 0.317 e. The van der Waals surface area contributed by atoms with E-state index in [9.17, 15) is 9.90 Å². The Morgan fingerprint density at radius 3 is 2.53 bits per heavy atom. The molecule has 0 saturated heterocycles. The molecule has 0 fully saturated rings. The lowest BCUT2D eigenvalue weighted by Gasteiger charge is -2.22. The summed E-state index contributed by atoms with van der Waals surface area (Å²) in [6.45, 7) is 2.99. The van der Waals surface area contributed by atoms with E-state index in [2.05, 4.69) is 0 Å². The molecule has 0 saturated carbocycles. The molecule has 4 nitrogen and oxygen atoms in total. The Kier molecular flexibility index (Phi) is 5.66. The molecule has 0 spiro atoms. The third-order valence-electron chi connectivity index (χ3n) is 2.51. The highest BCUT2D eigenvalue weighted by Crippen LogP contribution is 2.13. The summed E-state index contributed by atoms with van der Waals surface area (Å²) >= 11 is 0. The van der Waals surface area contributed by atoms with Gasteiger partial charge in [0, 0.05) is 6.54 Å². The first-order chi connectivity index (χ1) is 8.13. The van der Waals surface area contributed by atoms with Crippen LogP contribution in [0, 0.1) is 0 Å². The topological polar surface area (TPSA) is 60.8 Å². The van der Waals surface area contributed by atoms with E-state index in [0.29, 0.717) is 13.1 Å². The highest BCUT2D eigenvalue weighted by atomic mass is 16.4. The van der Waals surface area contributed by atoms with Gasteiger partial charge in [-0.2, -0.15) is 0 Å². The Morgan fingerprint density at radius 1 is 1.35 bits per heavy atom. The van der Waals surface area contributed by atoms with Crippen molar-refractivity contribution in [2.45, 2.75) is 19.4 Å². The molecule has 0 bridgehead atoms. The molecule has 1 aromatic carbocycles. The van der Waals surface area contributed by atoms with Gasteiger partial charge in [0.25, 0.3) is 0 Å². The third-order valence-corrected chi connectivity index (χ3v) is 2.51. The van der Waals surface area contributed by atoms with Crippen LogP contribution in [-0.2, 0) is 4.79 Å². The van der Waals surface area contributed by atoms with E-state index < -0.39 is 12.1 Å². The van der Waals surface area contributed by atoms with Gasteiger partial charge < -0.3 is 10.2 Å². The fourth-order valence-electron chi connectivity index (χ4n) is 1.77. The van der Waals surface area contributed by atoms with Crippen LogP contribution in [0.1, 0.15) is 25.0 Å². The minimum atomic E-state index is -0.862. The van der Waals surface area contributed by atoms with Crippen LogP contribution in [0.2, 0.25) is 0 Å². The molecule has 0 radical (unpaired) electrons. The molecule has 0 heterocycles. The predicted molar refractivity (Wildman–Crippen MR) is 65.8 cm³/mol. The van der Waals surface area contributed by atoms with Crippen LogP contribution >= 0.6 is 0 Å². The summed E-state index contributed by atoms with van der Waals surface area (Å²) in [4.78, 5) is 12.4. The summed E-state index contributed by atoms with van der Waals surface area (Å²) in [5.74, 6) is -0.862. The molecule has 0 aromatic heterocycles. The SMILES string of the molecule is CCCN(CC(=O)O)CC(O)c1ccccc1. The molecule has 1 aromatic rings. The van der Waals surface area contributed by atoms with Crippen molar-refractivity contribution in [3.63, 3.8) is 0 Å². The number of hydrogen-bond acceptors (Lipinski definition) is 3. The van der Waals surface area contributed by atoms with Crippen LogP contribution in [0.15, 0.2) is 30.3 Å². The van der Waals surface area contributed by atoms with Crippen molar-refractivity contribution in [3.8, 4) is 0 Å². The van der Waals surface area contributed by atoms with Crippen LogP contribution in [0.3, 0.4) is 0 Å². The maximum Gasteiger partial charge on any atom is 0.317 e. The number of benzene rings is 1. The molecule has 1 rings (SSSR count). The monoisotopic (exact) mass is 237 g/mol. The van der Waals surface area contributed by atoms with Crippen molar-refractivity contribution in [2.24, 2.45) is 0 Å². The fraction of sp³-hybridized carbons (Fsp3) is 0.462. The van der Waals surface area contributed by atoms with Crippen molar-refractivity contribution in [1.29, 1.82) is 0 Å². The van der Waals surface area contributed by atoms with Gasteiger partial charge in [-0.1, -0.05) is 37.3 Å². The van der Waals surface area contributed by atoms with Crippen LogP contribution in [0.4, 0.5) is 0 Å². The first-order valence-corrected chi connectivity index (χ1v) is 5.80. The van der Waals surface area contributed by atoms with Crippen molar-refractivity contribution >= 4 is 5.97 Å². The number of aliphatic carboxylic acids is 1. The van der Waals surface area contributed by atoms with Gasteiger partial charge in [0.15, 0.2) is 0 Å². The molecule has 2 N–H and O–H groups in total. The molecule has 0 aliphatic carbocycles. The Morgan fingerprint density at radius 2 is 2.00 bits per heavy atom. The second-order valence-corrected chi connectivity index (χ2v) is 4.06. The fourth-order valence-corrected chi connectivity index (χ4v) is 1.77. The van der Waals surface area contributed by atoms with E-state index in [1.807, 2.05) is 37.3 Å². The maximum atomic E-state index is 10.7. The molecule has 17 heavy (non-hydrogen) atoms. The minimum absolute atomic E-state index is 0.0300.